The van der Waals surface area contributed by atoms with Gasteiger partial charge in [0.05, 0.1) is 29.8 Å². The molecule has 4 heterocycles. The summed E-state index contributed by atoms with van der Waals surface area (Å²) in [6.45, 7) is 3.16. The summed E-state index contributed by atoms with van der Waals surface area (Å²) in [6.07, 6.45) is 8.42. The molecule has 0 aliphatic carbocycles. The minimum Gasteiger partial charge on any atom is -0.365 e. The lowest BCUT2D eigenvalue weighted by Gasteiger charge is -2.12. The summed E-state index contributed by atoms with van der Waals surface area (Å²) in [7, 11) is 0. The first kappa shape index (κ1) is 13.2. The second-order valence-electron chi connectivity index (χ2n) is 5.76. The average Bonchev–Trinajstić information content (AvgIpc) is 3.14. The molecule has 6 nitrogen and oxygen atoms in total. The third-order valence-electron chi connectivity index (χ3n) is 4.04. The Morgan fingerprint density at radius 3 is 3.09 bits per heavy atom. The van der Waals surface area contributed by atoms with Crippen molar-refractivity contribution in [1.82, 2.24) is 24.9 Å². The van der Waals surface area contributed by atoms with Crippen molar-refractivity contribution >= 4 is 11.3 Å². The summed E-state index contributed by atoms with van der Waals surface area (Å²) in [5, 5.41) is 11.2. The second-order valence-corrected chi connectivity index (χ2v) is 5.76. The summed E-state index contributed by atoms with van der Waals surface area (Å²) < 4.78 is 1.85. The molecule has 2 unspecified atom stereocenters. The average molecular weight is 294 g/mol. The molecule has 0 spiro atoms. The van der Waals surface area contributed by atoms with Gasteiger partial charge in [0, 0.05) is 30.4 Å². The van der Waals surface area contributed by atoms with Crippen LogP contribution in [0.15, 0.2) is 43.0 Å². The molecule has 1 aliphatic rings. The SMILES string of the molecule is CC1CC(Nc2cncc(-c3cnn4ccccc34)n2)CN1. The van der Waals surface area contributed by atoms with E-state index in [1.54, 1.807) is 12.4 Å². The van der Waals surface area contributed by atoms with Crippen LogP contribution in [0.25, 0.3) is 16.8 Å². The highest BCUT2D eigenvalue weighted by atomic mass is 15.2. The molecular formula is C16H18N6. The maximum Gasteiger partial charge on any atom is 0.145 e. The number of fused-ring (bicyclic) bond motifs is 1. The Kier molecular flexibility index (Phi) is 3.23. The molecule has 2 atom stereocenters. The van der Waals surface area contributed by atoms with E-state index in [2.05, 4.69) is 27.6 Å². The van der Waals surface area contributed by atoms with E-state index < -0.39 is 0 Å². The Bertz CT molecular complexity index is 796. The van der Waals surface area contributed by atoms with Crippen LogP contribution in [0.3, 0.4) is 0 Å². The van der Waals surface area contributed by atoms with Gasteiger partial charge in [-0.1, -0.05) is 6.07 Å². The first-order valence-corrected chi connectivity index (χ1v) is 7.54. The third-order valence-corrected chi connectivity index (χ3v) is 4.04. The number of hydrogen-bond acceptors (Lipinski definition) is 5. The van der Waals surface area contributed by atoms with Crippen LogP contribution in [0.2, 0.25) is 0 Å². The van der Waals surface area contributed by atoms with Gasteiger partial charge in [0.2, 0.25) is 0 Å². The van der Waals surface area contributed by atoms with Gasteiger partial charge in [0.25, 0.3) is 0 Å². The number of anilines is 1. The summed E-state index contributed by atoms with van der Waals surface area (Å²) >= 11 is 0. The van der Waals surface area contributed by atoms with Gasteiger partial charge in [-0.3, -0.25) is 4.98 Å². The Labute approximate surface area is 128 Å². The van der Waals surface area contributed by atoms with Gasteiger partial charge in [0.15, 0.2) is 0 Å². The van der Waals surface area contributed by atoms with Crippen molar-refractivity contribution < 1.29 is 0 Å². The highest BCUT2D eigenvalue weighted by Crippen LogP contribution is 2.23. The fourth-order valence-corrected chi connectivity index (χ4v) is 2.95. The van der Waals surface area contributed by atoms with E-state index in [0.717, 1.165) is 35.6 Å². The third kappa shape index (κ3) is 2.42. The van der Waals surface area contributed by atoms with Crippen molar-refractivity contribution in [3.8, 4) is 11.3 Å². The molecule has 3 aromatic heterocycles. The molecular weight excluding hydrogens is 276 g/mol. The molecule has 22 heavy (non-hydrogen) atoms. The topological polar surface area (TPSA) is 67.1 Å². The van der Waals surface area contributed by atoms with Crippen LogP contribution in [0.1, 0.15) is 13.3 Å². The van der Waals surface area contributed by atoms with Gasteiger partial charge in [-0.2, -0.15) is 5.10 Å². The number of rotatable bonds is 3. The zero-order valence-corrected chi connectivity index (χ0v) is 12.4. The lowest BCUT2D eigenvalue weighted by molar-refractivity contribution is 0.661. The van der Waals surface area contributed by atoms with Crippen LogP contribution in [-0.4, -0.2) is 38.2 Å². The molecule has 6 heteroatoms. The maximum absolute atomic E-state index is 4.70. The molecule has 4 rings (SSSR count). The highest BCUT2D eigenvalue weighted by molar-refractivity contribution is 5.77. The Morgan fingerprint density at radius 1 is 1.27 bits per heavy atom. The van der Waals surface area contributed by atoms with Crippen LogP contribution >= 0.6 is 0 Å². The van der Waals surface area contributed by atoms with Gasteiger partial charge < -0.3 is 10.6 Å². The van der Waals surface area contributed by atoms with Gasteiger partial charge in [0.1, 0.15) is 5.82 Å². The van der Waals surface area contributed by atoms with Gasteiger partial charge in [-0.15, -0.1) is 0 Å². The predicted molar refractivity (Wildman–Crippen MR) is 85.7 cm³/mol. The first-order chi connectivity index (χ1) is 10.8. The van der Waals surface area contributed by atoms with E-state index in [9.17, 15) is 0 Å². The molecule has 0 amide bonds. The second kappa shape index (κ2) is 5.38. The standard InChI is InChI=1S/C16H18N6/c1-11-6-12(7-18-11)20-16-10-17-9-14(21-16)13-8-19-22-5-3-2-4-15(13)22/h2-5,8-12,18H,6-7H2,1H3,(H,20,21). The zero-order chi connectivity index (χ0) is 14.9. The van der Waals surface area contributed by atoms with Crippen LogP contribution < -0.4 is 10.6 Å². The van der Waals surface area contributed by atoms with E-state index in [4.69, 9.17) is 4.98 Å². The van der Waals surface area contributed by atoms with Crippen molar-refractivity contribution in [2.24, 2.45) is 0 Å². The van der Waals surface area contributed by atoms with Gasteiger partial charge in [-0.05, 0) is 25.5 Å². The molecule has 3 aromatic rings. The smallest absolute Gasteiger partial charge is 0.145 e. The van der Waals surface area contributed by atoms with Crippen molar-refractivity contribution in [1.29, 1.82) is 0 Å². The Hall–Kier alpha value is -2.47. The Balaban J connectivity index is 1.64. The Morgan fingerprint density at radius 2 is 2.23 bits per heavy atom. The molecule has 1 aliphatic heterocycles. The monoisotopic (exact) mass is 294 g/mol. The van der Waals surface area contributed by atoms with Crippen LogP contribution in [0.4, 0.5) is 5.82 Å². The minimum atomic E-state index is 0.406. The van der Waals surface area contributed by atoms with E-state index in [1.807, 2.05) is 35.1 Å². The largest absolute Gasteiger partial charge is 0.365 e. The van der Waals surface area contributed by atoms with Crippen molar-refractivity contribution in [2.75, 3.05) is 11.9 Å². The van der Waals surface area contributed by atoms with Crippen molar-refractivity contribution in [3.63, 3.8) is 0 Å². The normalized spacial score (nSPS) is 21.3. The van der Waals surface area contributed by atoms with Crippen LogP contribution in [0, 0.1) is 0 Å². The fourth-order valence-electron chi connectivity index (χ4n) is 2.95. The van der Waals surface area contributed by atoms with Crippen LogP contribution in [0.5, 0.6) is 0 Å². The summed E-state index contributed by atoms with van der Waals surface area (Å²) in [4.78, 5) is 9.03. The van der Waals surface area contributed by atoms with Crippen molar-refractivity contribution in [2.45, 2.75) is 25.4 Å². The summed E-state index contributed by atoms with van der Waals surface area (Å²) in [6, 6.07) is 6.95. The van der Waals surface area contributed by atoms with E-state index >= 15 is 0 Å². The quantitative estimate of drug-likeness (QED) is 0.773. The molecule has 1 fully saturated rings. The molecule has 0 bridgehead atoms. The van der Waals surface area contributed by atoms with E-state index in [0.29, 0.717) is 12.1 Å². The maximum atomic E-state index is 4.70. The van der Waals surface area contributed by atoms with Crippen molar-refractivity contribution in [3.05, 3.63) is 43.0 Å². The van der Waals surface area contributed by atoms with Gasteiger partial charge >= 0.3 is 0 Å². The van der Waals surface area contributed by atoms with Gasteiger partial charge in [-0.25, -0.2) is 9.50 Å². The number of hydrogen-bond donors (Lipinski definition) is 2. The molecule has 0 radical (unpaired) electrons. The summed E-state index contributed by atoms with van der Waals surface area (Å²) in [5.41, 5.74) is 2.87. The lowest BCUT2D eigenvalue weighted by Crippen LogP contribution is -2.23. The first-order valence-electron chi connectivity index (χ1n) is 7.54. The predicted octanol–water partition coefficient (Wildman–Crippen LogP) is 1.95. The number of nitrogens with one attached hydrogen (secondary N) is 2. The lowest BCUT2D eigenvalue weighted by atomic mass is 10.2. The summed E-state index contributed by atoms with van der Waals surface area (Å²) in [5.74, 6) is 0.814. The van der Waals surface area contributed by atoms with Crippen LogP contribution in [-0.2, 0) is 0 Å². The van der Waals surface area contributed by atoms with E-state index in [-0.39, 0.29) is 0 Å². The molecule has 0 saturated carbocycles. The van der Waals surface area contributed by atoms with E-state index in [1.165, 1.54) is 0 Å². The molecule has 2 N–H and O–H groups in total. The molecule has 112 valence electrons. The number of nitrogens with zero attached hydrogens (tertiary/aromatic N) is 4. The fraction of sp³-hybridized carbons (Fsp3) is 0.312. The number of aromatic nitrogens is 4. The number of pyridine rings is 1. The molecule has 1 saturated heterocycles. The highest BCUT2D eigenvalue weighted by Gasteiger charge is 2.20. The molecule has 0 aromatic carbocycles. The zero-order valence-electron chi connectivity index (χ0n) is 12.4. The minimum absolute atomic E-state index is 0.406.